The summed E-state index contributed by atoms with van der Waals surface area (Å²) < 4.78 is 0. The Hall–Kier alpha value is -1.16. The van der Waals surface area contributed by atoms with Crippen LogP contribution in [0, 0.1) is 5.92 Å². The van der Waals surface area contributed by atoms with Gasteiger partial charge in [-0.3, -0.25) is 0 Å². The Kier molecular flexibility index (Phi) is 3.94. The zero-order valence-electron chi connectivity index (χ0n) is 11.0. The molecule has 1 atom stereocenters. The maximum Gasteiger partial charge on any atom is 0.225 e. The Balaban J connectivity index is 2.05. The Labute approximate surface area is 103 Å². The van der Waals surface area contributed by atoms with Crippen molar-refractivity contribution in [2.75, 3.05) is 31.6 Å². The van der Waals surface area contributed by atoms with Crippen LogP contribution in [0.4, 0.5) is 5.95 Å². The van der Waals surface area contributed by atoms with E-state index in [4.69, 9.17) is 0 Å². The lowest BCUT2D eigenvalue weighted by Gasteiger charge is -2.17. The third-order valence-corrected chi connectivity index (χ3v) is 3.32. The molecule has 1 N–H and O–H groups in total. The zero-order valence-corrected chi connectivity index (χ0v) is 11.0. The van der Waals surface area contributed by atoms with Crippen LogP contribution >= 0.6 is 0 Å². The summed E-state index contributed by atoms with van der Waals surface area (Å²) in [6, 6.07) is 2.01. The van der Waals surface area contributed by atoms with Gasteiger partial charge in [0.2, 0.25) is 5.95 Å². The maximum absolute atomic E-state index is 4.64. The van der Waals surface area contributed by atoms with E-state index in [1.165, 1.54) is 6.42 Å². The number of hydrogen-bond donors (Lipinski definition) is 1. The molecule has 0 aliphatic carbocycles. The Morgan fingerprint density at radius 3 is 3.06 bits per heavy atom. The van der Waals surface area contributed by atoms with Gasteiger partial charge in [-0.15, -0.1) is 0 Å². The van der Waals surface area contributed by atoms with Crippen molar-refractivity contribution in [1.29, 1.82) is 0 Å². The van der Waals surface area contributed by atoms with Crippen LogP contribution in [0.25, 0.3) is 0 Å². The van der Waals surface area contributed by atoms with Crippen LogP contribution in [-0.2, 0) is 0 Å². The standard InChI is InChI=1S/C13H22N4/c1-10(2)12-4-6-15-13(16-12)17-7-5-11(9-17)8-14-3/h4,6,10-11,14H,5,7-9H2,1-3H3. The van der Waals surface area contributed by atoms with Crippen molar-refractivity contribution in [1.82, 2.24) is 15.3 Å². The first-order valence-corrected chi connectivity index (χ1v) is 6.43. The van der Waals surface area contributed by atoms with Crippen molar-refractivity contribution in [3.8, 4) is 0 Å². The molecule has 2 rings (SSSR count). The van der Waals surface area contributed by atoms with Crippen LogP contribution in [-0.4, -0.2) is 36.6 Å². The molecule has 0 aromatic carbocycles. The van der Waals surface area contributed by atoms with E-state index in [9.17, 15) is 0 Å². The van der Waals surface area contributed by atoms with Crippen LogP contribution in [0.5, 0.6) is 0 Å². The highest BCUT2D eigenvalue weighted by atomic mass is 15.3. The molecule has 1 fully saturated rings. The summed E-state index contributed by atoms with van der Waals surface area (Å²) in [5.74, 6) is 2.09. The number of aromatic nitrogens is 2. The molecule has 1 aliphatic heterocycles. The third kappa shape index (κ3) is 2.94. The minimum atomic E-state index is 0.465. The molecule has 0 radical (unpaired) electrons. The fourth-order valence-corrected chi connectivity index (χ4v) is 2.31. The second kappa shape index (κ2) is 5.45. The molecule has 1 aromatic rings. The normalized spacial score (nSPS) is 20.2. The summed E-state index contributed by atoms with van der Waals surface area (Å²) in [4.78, 5) is 11.3. The van der Waals surface area contributed by atoms with Crippen molar-refractivity contribution in [3.05, 3.63) is 18.0 Å². The number of anilines is 1. The summed E-state index contributed by atoms with van der Waals surface area (Å²) in [5.41, 5.74) is 1.13. The molecule has 0 saturated carbocycles. The van der Waals surface area contributed by atoms with Gasteiger partial charge in [0.15, 0.2) is 0 Å². The molecule has 4 nitrogen and oxygen atoms in total. The van der Waals surface area contributed by atoms with Crippen LogP contribution in [0.1, 0.15) is 31.9 Å². The maximum atomic E-state index is 4.64. The van der Waals surface area contributed by atoms with Crippen LogP contribution in [0.2, 0.25) is 0 Å². The van der Waals surface area contributed by atoms with E-state index in [1.54, 1.807) is 0 Å². The molecule has 17 heavy (non-hydrogen) atoms. The van der Waals surface area contributed by atoms with Crippen molar-refractivity contribution in [2.45, 2.75) is 26.2 Å². The van der Waals surface area contributed by atoms with E-state index in [1.807, 2.05) is 19.3 Å². The van der Waals surface area contributed by atoms with Gasteiger partial charge in [-0.1, -0.05) is 13.8 Å². The van der Waals surface area contributed by atoms with Crippen molar-refractivity contribution in [3.63, 3.8) is 0 Å². The van der Waals surface area contributed by atoms with Crippen LogP contribution < -0.4 is 10.2 Å². The first-order valence-electron chi connectivity index (χ1n) is 6.43. The quantitative estimate of drug-likeness (QED) is 0.860. The summed E-state index contributed by atoms with van der Waals surface area (Å²) in [5, 5.41) is 3.24. The molecule has 0 bridgehead atoms. The molecular weight excluding hydrogens is 212 g/mol. The molecule has 2 heterocycles. The lowest BCUT2D eigenvalue weighted by molar-refractivity contribution is 0.548. The number of rotatable bonds is 4. The van der Waals surface area contributed by atoms with E-state index in [-0.39, 0.29) is 0 Å². The molecule has 1 aromatic heterocycles. The van der Waals surface area contributed by atoms with Crippen molar-refractivity contribution < 1.29 is 0 Å². The predicted molar refractivity (Wildman–Crippen MR) is 70.4 cm³/mol. The largest absolute Gasteiger partial charge is 0.340 e. The highest BCUT2D eigenvalue weighted by Crippen LogP contribution is 2.21. The average Bonchev–Trinajstić information content (AvgIpc) is 2.78. The van der Waals surface area contributed by atoms with Gasteiger partial charge >= 0.3 is 0 Å². The summed E-state index contributed by atoms with van der Waals surface area (Å²) in [6.45, 7) is 7.57. The Morgan fingerprint density at radius 2 is 2.35 bits per heavy atom. The second-order valence-corrected chi connectivity index (χ2v) is 5.09. The van der Waals surface area contributed by atoms with Gasteiger partial charge in [0.25, 0.3) is 0 Å². The molecule has 1 saturated heterocycles. The van der Waals surface area contributed by atoms with E-state index in [2.05, 4.69) is 34.0 Å². The van der Waals surface area contributed by atoms with E-state index >= 15 is 0 Å². The monoisotopic (exact) mass is 234 g/mol. The number of nitrogens with one attached hydrogen (secondary N) is 1. The first kappa shape index (κ1) is 12.3. The lowest BCUT2D eigenvalue weighted by atomic mass is 10.1. The lowest BCUT2D eigenvalue weighted by Crippen LogP contribution is -2.25. The SMILES string of the molecule is CNCC1CCN(c2nccc(C(C)C)n2)C1. The second-order valence-electron chi connectivity index (χ2n) is 5.09. The third-order valence-electron chi connectivity index (χ3n) is 3.32. The average molecular weight is 234 g/mol. The number of hydrogen-bond acceptors (Lipinski definition) is 4. The minimum Gasteiger partial charge on any atom is -0.340 e. The van der Waals surface area contributed by atoms with Crippen LogP contribution in [0.3, 0.4) is 0 Å². The van der Waals surface area contributed by atoms with E-state index < -0.39 is 0 Å². The molecule has 0 amide bonds. The first-order chi connectivity index (χ1) is 8.20. The van der Waals surface area contributed by atoms with Gasteiger partial charge in [0, 0.05) is 25.0 Å². The summed E-state index contributed by atoms with van der Waals surface area (Å²) in [6.07, 6.45) is 3.11. The molecule has 4 heteroatoms. The highest BCUT2D eigenvalue weighted by molar-refractivity contribution is 5.32. The van der Waals surface area contributed by atoms with Crippen LogP contribution in [0.15, 0.2) is 12.3 Å². The van der Waals surface area contributed by atoms with Gasteiger partial charge in [-0.2, -0.15) is 0 Å². The van der Waals surface area contributed by atoms with E-state index in [0.717, 1.165) is 37.2 Å². The Bertz CT molecular complexity index is 364. The number of nitrogens with zero attached hydrogens (tertiary/aromatic N) is 3. The van der Waals surface area contributed by atoms with E-state index in [0.29, 0.717) is 5.92 Å². The summed E-state index contributed by atoms with van der Waals surface area (Å²) in [7, 11) is 2.01. The molecule has 0 spiro atoms. The Morgan fingerprint density at radius 1 is 1.53 bits per heavy atom. The predicted octanol–water partition coefficient (Wildman–Crippen LogP) is 1.65. The molecular formula is C13H22N4. The minimum absolute atomic E-state index is 0.465. The van der Waals surface area contributed by atoms with Gasteiger partial charge in [0.1, 0.15) is 0 Å². The molecule has 1 unspecified atom stereocenters. The topological polar surface area (TPSA) is 41.0 Å². The molecule has 94 valence electrons. The summed E-state index contributed by atoms with van der Waals surface area (Å²) >= 11 is 0. The van der Waals surface area contributed by atoms with Gasteiger partial charge in [-0.05, 0) is 37.9 Å². The fourth-order valence-electron chi connectivity index (χ4n) is 2.31. The fraction of sp³-hybridized carbons (Fsp3) is 0.692. The van der Waals surface area contributed by atoms with Gasteiger partial charge in [-0.25, -0.2) is 9.97 Å². The molecule has 1 aliphatic rings. The zero-order chi connectivity index (χ0) is 12.3. The van der Waals surface area contributed by atoms with Gasteiger partial charge < -0.3 is 10.2 Å². The highest BCUT2D eigenvalue weighted by Gasteiger charge is 2.23. The van der Waals surface area contributed by atoms with Gasteiger partial charge in [0.05, 0.1) is 0 Å². The van der Waals surface area contributed by atoms with Crippen molar-refractivity contribution in [2.24, 2.45) is 5.92 Å². The van der Waals surface area contributed by atoms with Crippen molar-refractivity contribution >= 4 is 5.95 Å². The smallest absolute Gasteiger partial charge is 0.225 e.